The van der Waals surface area contributed by atoms with Crippen molar-refractivity contribution in [1.29, 1.82) is 0 Å². The van der Waals surface area contributed by atoms with Crippen molar-refractivity contribution in [1.82, 2.24) is 0 Å². The number of ketones is 2. The highest BCUT2D eigenvalue weighted by atomic mass is 16.4. The number of carboxylic acids is 1. The Morgan fingerprint density at radius 2 is 1.63 bits per heavy atom. The molecular formula is C15H12O4. The van der Waals surface area contributed by atoms with E-state index in [1.807, 2.05) is 42.5 Å². The van der Waals surface area contributed by atoms with E-state index in [1.165, 1.54) is 0 Å². The van der Waals surface area contributed by atoms with Gasteiger partial charge in [0.25, 0.3) is 0 Å². The molecule has 0 aliphatic carbocycles. The molecule has 0 aromatic heterocycles. The van der Waals surface area contributed by atoms with Gasteiger partial charge in [0.2, 0.25) is 5.78 Å². The smallest absolute Gasteiger partial charge is 0.372 e. The third-order valence-corrected chi connectivity index (χ3v) is 2.86. The summed E-state index contributed by atoms with van der Waals surface area (Å²) < 4.78 is 0. The molecule has 0 aliphatic heterocycles. The van der Waals surface area contributed by atoms with Crippen molar-refractivity contribution in [2.24, 2.45) is 0 Å². The first-order chi connectivity index (χ1) is 9.08. The van der Waals surface area contributed by atoms with E-state index in [4.69, 9.17) is 5.11 Å². The minimum atomic E-state index is -1.56. The fourth-order valence-electron chi connectivity index (χ4n) is 1.98. The van der Waals surface area contributed by atoms with Crippen molar-refractivity contribution in [3.05, 3.63) is 48.0 Å². The molecule has 96 valence electrons. The van der Waals surface area contributed by atoms with Crippen molar-refractivity contribution in [3.8, 4) is 0 Å². The number of Topliss-reactive ketones (excluding diaryl/α,β-unsaturated/α-hetero) is 2. The monoisotopic (exact) mass is 256 g/mol. The van der Waals surface area contributed by atoms with E-state index in [1.54, 1.807) is 0 Å². The first-order valence-electron chi connectivity index (χ1n) is 5.82. The van der Waals surface area contributed by atoms with Gasteiger partial charge in [0.1, 0.15) is 5.78 Å². The number of rotatable bonds is 5. The summed E-state index contributed by atoms with van der Waals surface area (Å²) in [5.74, 6) is -3.01. The molecule has 2 rings (SSSR count). The van der Waals surface area contributed by atoms with E-state index in [2.05, 4.69) is 0 Å². The maximum atomic E-state index is 11.7. The van der Waals surface area contributed by atoms with E-state index < -0.39 is 18.2 Å². The Morgan fingerprint density at radius 1 is 0.947 bits per heavy atom. The third-order valence-electron chi connectivity index (χ3n) is 2.86. The lowest BCUT2D eigenvalue weighted by Gasteiger charge is -2.05. The number of carbonyl (C=O) groups is 3. The van der Waals surface area contributed by atoms with E-state index in [0.29, 0.717) is 0 Å². The van der Waals surface area contributed by atoms with Crippen LogP contribution in [-0.4, -0.2) is 22.6 Å². The molecule has 4 heteroatoms. The molecule has 0 bridgehead atoms. The minimum absolute atomic E-state index is 0.0698. The lowest BCUT2D eigenvalue weighted by atomic mass is 9.99. The second-order valence-electron chi connectivity index (χ2n) is 4.26. The molecule has 2 aromatic carbocycles. The topological polar surface area (TPSA) is 71.4 Å². The lowest BCUT2D eigenvalue weighted by Crippen LogP contribution is -2.18. The summed E-state index contributed by atoms with van der Waals surface area (Å²) in [4.78, 5) is 33.1. The van der Waals surface area contributed by atoms with E-state index in [9.17, 15) is 14.4 Å². The molecule has 0 radical (unpaired) electrons. The number of hydrogen-bond donors (Lipinski definition) is 1. The molecule has 19 heavy (non-hydrogen) atoms. The summed E-state index contributed by atoms with van der Waals surface area (Å²) in [7, 11) is 0. The predicted octanol–water partition coefficient (Wildman–Crippen LogP) is 2.00. The van der Waals surface area contributed by atoms with Gasteiger partial charge < -0.3 is 5.11 Å². The SMILES string of the molecule is O=C(CC(=O)C(=O)O)Cc1cccc2ccccc12. The van der Waals surface area contributed by atoms with Crippen LogP contribution < -0.4 is 0 Å². The van der Waals surface area contributed by atoms with Crippen LogP contribution in [0.15, 0.2) is 42.5 Å². The zero-order chi connectivity index (χ0) is 13.8. The van der Waals surface area contributed by atoms with Crippen LogP contribution in [0.2, 0.25) is 0 Å². The summed E-state index contributed by atoms with van der Waals surface area (Å²) in [5, 5.41) is 10.4. The Bertz CT molecular complexity index is 653. The van der Waals surface area contributed by atoms with Crippen LogP contribution >= 0.6 is 0 Å². The Hall–Kier alpha value is -2.49. The number of aliphatic carboxylic acids is 1. The molecule has 0 spiro atoms. The van der Waals surface area contributed by atoms with Crippen LogP contribution in [0.25, 0.3) is 10.8 Å². The van der Waals surface area contributed by atoms with E-state index in [0.717, 1.165) is 16.3 Å². The van der Waals surface area contributed by atoms with Gasteiger partial charge in [0.15, 0.2) is 0 Å². The van der Waals surface area contributed by atoms with Crippen molar-refractivity contribution in [2.75, 3.05) is 0 Å². The second kappa shape index (κ2) is 5.44. The molecule has 4 nitrogen and oxygen atoms in total. The van der Waals surface area contributed by atoms with Gasteiger partial charge in [-0.2, -0.15) is 0 Å². The molecule has 0 saturated heterocycles. The predicted molar refractivity (Wildman–Crippen MR) is 69.9 cm³/mol. The largest absolute Gasteiger partial charge is 0.475 e. The molecule has 2 aromatic rings. The molecule has 0 saturated carbocycles. The number of fused-ring (bicyclic) bond motifs is 1. The molecule has 0 fully saturated rings. The molecule has 0 atom stereocenters. The Labute approximate surface area is 109 Å². The third kappa shape index (κ3) is 3.04. The number of hydrogen-bond acceptors (Lipinski definition) is 3. The Balaban J connectivity index is 2.20. The Morgan fingerprint density at radius 3 is 2.37 bits per heavy atom. The van der Waals surface area contributed by atoms with Gasteiger partial charge in [0.05, 0.1) is 6.42 Å². The highest BCUT2D eigenvalue weighted by Crippen LogP contribution is 2.19. The van der Waals surface area contributed by atoms with Crippen LogP contribution in [0.4, 0.5) is 0 Å². The van der Waals surface area contributed by atoms with E-state index >= 15 is 0 Å². The van der Waals surface area contributed by atoms with Gasteiger partial charge in [-0.3, -0.25) is 9.59 Å². The average molecular weight is 256 g/mol. The van der Waals surface area contributed by atoms with Crippen molar-refractivity contribution >= 4 is 28.3 Å². The van der Waals surface area contributed by atoms with Crippen molar-refractivity contribution in [2.45, 2.75) is 12.8 Å². The highest BCUT2D eigenvalue weighted by Gasteiger charge is 2.17. The van der Waals surface area contributed by atoms with Gasteiger partial charge in [-0.1, -0.05) is 42.5 Å². The molecule has 0 unspecified atom stereocenters. The molecular weight excluding hydrogens is 244 g/mol. The van der Waals surface area contributed by atoms with Crippen LogP contribution in [0.3, 0.4) is 0 Å². The number of benzene rings is 2. The summed E-state index contributed by atoms with van der Waals surface area (Å²) in [6, 6.07) is 13.2. The van der Waals surface area contributed by atoms with Gasteiger partial charge >= 0.3 is 5.97 Å². The lowest BCUT2D eigenvalue weighted by molar-refractivity contribution is -0.150. The highest BCUT2D eigenvalue weighted by molar-refractivity contribution is 6.36. The van der Waals surface area contributed by atoms with Crippen LogP contribution in [0.1, 0.15) is 12.0 Å². The first kappa shape index (κ1) is 13.0. The van der Waals surface area contributed by atoms with Crippen molar-refractivity contribution < 1.29 is 19.5 Å². The quantitative estimate of drug-likeness (QED) is 0.656. The molecule has 0 heterocycles. The fraction of sp³-hybridized carbons (Fsp3) is 0.133. The van der Waals surface area contributed by atoms with Crippen LogP contribution in [0, 0.1) is 0 Å². The second-order valence-corrected chi connectivity index (χ2v) is 4.26. The zero-order valence-corrected chi connectivity index (χ0v) is 10.1. The van der Waals surface area contributed by atoms with Gasteiger partial charge in [-0.25, -0.2) is 4.79 Å². The average Bonchev–Trinajstić information content (AvgIpc) is 2.39. The van der Waals surface area contributed by atoms with Gasteiger partial charge in [0, 0.05) is 6.42 Å². The summed E-state index contributed by atoms with van der Waals surface area (Å²) >= 11 is 0. The summed E-state index contributed by atoms with van der Waals surface area (Å²) in [6.07, 6.45) is -0.487. The zero-order valence-electron chi connectivity index (χ0n) is 10.1. The molecule has 1 N–H and O–H groups in total. The summed E-state index contributed by atoms with van der Waals surface area (Å²) in [5.41, 5.74) is 0.807. The molecule has 0 amide bonds. The maximum Gasteiger partial charge on any atom is 0.372 e. The van der Waals surface area contributed by atoms with Gasteiger partial charge in [-0.15, -0.1) is 0 Å². The van der Waals surface area contributed by atoms with E-state index in [-0.39, 0.29) is 12.2 Å². The van der Waals surface area contributed by atoms with Gasteiger partial charge in [-0.05, 0) is 16.3 Å². The number of carboxylic acid groups (broad SMARTS) is 1. The Kier molecular flexibility index (Phi) is 3.71. The maximum absolute atomic E-state index is 11.7. The summed E-state index contributed by atoms with van der Waals surface area (Å²) in [6.45, 7) is 0. The number of carbonyl (C=O) groups excluding carboxylic acids is 2. The fourth-order valence-corrected chi connectivity index (χ4v) is 1.98. The minimum Gasteiger partial charge on any atom is -0.475 e. The standard InChI is InChI=1S/C15H12O4/c16-12(9-14(17)15(18)19)8-11-6-3-5-10-4-1-2-7-13(10)11/h1-7H,8-9H2,(H,18,19). The van der Waals surface area contributed by atoms with Crippen LogP contribution in [-0.2, 0) is 20.8 Å². The first-order valence-corrected chi connectivity index (χ1v) is 5.82. The van der Waals surface area contributed by atoms with Crippen LogP contribution in [0.5, 0.6) is 0 Å². The normalized spacial score (nSPS) is 10.3. The molecule has 0 aliphatic rings. The van der Waals surface area contributed by atoms with Crippen molar-refractivity contribution in [3.63, 3.8) is 0 Å².